The van der Waals surface area contributed by atoms with Gasteiger partial charge in [0, 0.05) is 24.6 Å². The molecule has 0 radical (unpaired) electrons. The zero-order valence-electron chi connectivity index (χ0n) is 15.8. The number of methoxy groups -OCH3 is 1. The fourth-order valence-corrected chi connectivity index (χ4v) is 3.70. The molecular formula is C22H23NO5. The Hall–Kier alpha value is -3.02. The van der Waals surface area contributed by atoms with Crippen molar-refractivity contribution in [2.24, 2.45) is 5.92 Å². The van der Waals surface area contributed by atoms with Crippen molar-refractivity contribution in [3.8, 4) is 17.2 Å². The van der Waals surface area contributed by atoms with Gasteiger partial charge in [-0.2, -0.15) is 0 Å². The van der Waals surface area contributed by atoms with Crippen molar-refractivity contribution in [1.82, 2.24) is 4.90 Å². The number of para-hydroxylation sites is 2. The molecule has 1 saturated heterocycles. The predicted octanol–water partition coefficient (Wildman–Crippen LogP) is 2.96. The van der Waals surface area contributed by atoms with Crippen LogP contribution >= 0.6 is 0 Å². The second kappa shape index (κ2) is 7.92. The highest BCUT2D eigenvalue weighted by Crippen LogP contribution is 2.32. The van der Waals surface area contributed by atoms with E-state index in [1.165, 1.54) is 0 Å². The van der Waals surface area contributed by atoms with Gasteiger partial charge < -0.3 is 19.1 Å². The van der Waals surface area contributed by atoms with E-state index in [-0.39, 0.29) is 24.2 Å². The highest BCUT2D eigenvalue weighted by Gasteiger charge is 2.34. The minimum atomic E-state index is -0.635. The van der Waals surface area contributed by atoms with Gasteiger partial charge in [-0.1, -0.05) is 12.1 Å². The third-order valence-electron chi connectivity index (χ3n) is 5.34. The van der Waals surface area contributed by atoms with Gasteiger partial charge in [0.15, 0.2) is 17.3 Å². The smallest absolute Gasteiger partial charge is 0.267 e. The first-order chi connectivity index (χ1) is 13.7. The quantitative estimate of drug-likeness (QED) is 0.762. The molecule has 0 spiro atoms. The first-order valence-corrected chi connectivity index (χ1v) is 9.51. The van der Waals surface area contributed by atoms with E-state index in [1.807, 2.05) is 18.2 Å². The zero-order chi connectivity index (χ0) is 19.5. The Morgan fingerprint density at radius 3 is 2.36 bits per heavy atom. The van der Waals surface area contributed by atoms with Gasteiger partial charge in [0.05, 0.1) is 7.11 Å². The van der Waals surface area contributed by atoms with Crippen molar-refractivity contribution < 1.29 is 23.8 Å². The average Bonchev–Trinajstić information content (AvgIpc) is 2.78. The number of piperidine rings is 1. The number of hydrogen-bond acceptors (Lipinski definition) is 5. The van der Waals surface area contributed by atoms with Gasteiger partial charge in [0.25, 0.3) is 5.91 Å². The maximum Gasteiger partial charge on any atom is 0.267 e. The van der Waals surface area contributed by atoms with Gasteiger partial charge in [-0.3, -0.25) is 9.59 Å². The number of hydrogen-bond donors (Lipinski definition) is 0. The van der Waals surface area contributed by atoms with Crippen LogP contribution in [0.15, 0.2) is 48.5 Å². The predicted molar refractivity (Wildman–Crippen MR) is 103 cm³/mol. The maximum absolute atomic E-state index is 12.8. The summed E-state index contributed by atoms with van der Waals surface area (Å²) < 4.78 is 16.6. The average molecular weight is 381 g/mol. The number of nitrogens with zero attached hydrogens (tertiary/aromatic N) is 1. The van der Waals surface area contributed by atoms with Crippen molar-refractivity contribution in [2.45, 2.75) is 18.9 Å². The Labute approximate surface area is 164 Å². The largest absolute Gasteiger partial charge is 0.497 e. The molecule has 0 bridgehead atoms. The van der Waals surface area contributed by atoms with Gasteiger partial charge in [0.2, 0.25) is 6.10 Å². The molecule has 0 aliphatic carbocycles. The summed E-state index contributed by atoms with van der Waals surface area (Å²) in [6.45, 7) is 1.31. The van der Waals surface area contributed by atoms with Crippen LogP contribution in [0, 0.1) is 5.92 Å². The lowest BCUT2D eigenvalue weighted by atomic mass is 9.88. The number of amides is 1. The SMILES string of the molecule is COc1ccc(C(=O)C2CCN(C(=O)[C@@H]3COc4ccccc4O3)CC2)cc1. The molecule has 28 heavy (non-hydrogen) atoms. The van der Waals surface area contributed by atoms with Crippen LogP contribution in [0.5, 0.6) is 17.2 Å². The number of carbonyl (C=O) groups is 2. The lowest BCUT2D eigenvalue weighted by molar-refractivity contribution is -0.142. The molecule has 2 aromatic carbocycles. The second-order valence-electron chi connectivity index (χ2n) is 7.06. The third kappa shape index (κ3) is 3.67. The topological polar surface area (TPSA) is 65.1 Å². The molecule has 146 valence electrons. The number of benzene rings is 2. The third-order valence-corrected chi connectivity index (χ3v) is 5.34. The van der Waals surface area contributed by atoms with Gasteiger partial charge in [-0.25, -0.2) is 0 Å². The molecule has 2 heterocycles. The molecule has 0 saturated carbocycles. The van der Waals surface area contributed by atoms with Crippen molar-refractivity contribution in [3.63, 3.8) is 0 Å². The summed E-state index contributed by atoms with van der Waals surface area (Å²) in [5, 5.41) is 0. The number of ether oxygens (including phenoxy) is 3. The standard InChI is InChI=1S/C22H23NO5/c1-26-17-8-6-15(7-9-17)21(24)16-10-12-23(13-11-16)22(25)20-14-27-18-4-2-3-5-19(18)28-20/h2-9,16,20H,10-14H2,1H3/t20-/m0/s1. The van der Waals surface area contributed by atoms with Crippen LogP contribution < -0.4 is 14.2 Å². The fourth-order valence-electron chi connectivity index (χ4n) is 3.70. The van der Waals surface area contributed by atoms with Gasteiger partial charge in [-0.05, 0) is 49.2 Å². The Bertz CT molecular complexity index is 855. The number of carbonyl (C=O) groups excluding carboxylic acids is 2. The molecule has 0 aromatic heterocycles. The lowest BCUT2D eigenvalue weighted by Gasteiger charge is -2.35. The normalized spacial score (nSPS) is 19.2. The molecular weight excluding hydrogens is 358 g/mol. The first kappa shape index (κ1) is 18.3. The molecule has 2 aliphatic rings. The second-order valence-corrected chi connectivity index (χ2v) is 7.06. The number of fused-ring (bicyclic) bond motifs is 1. The van der Waals surface area contributed by atoms with Crippen LogP contribution in [0.4, 0.5) is 0 Å². The molecule has 1 amide bonds. The zero-order valence-corrected chi connectivity index (χ0v) is 15.8. The summed E-state index contributed by atoms with van der Waals surface area (Å²) in [4.78, 5) is 27.3. The van der Waals surface area contributed by atoms with E-state index in [0.29, 0.717) is 43.0 Å². The minimum Gasteiger partial charge on any atom is -0.497 e. The highest BCUT2D eigenvalue weighted by molar-refractivity contribution is 5.98. The van der Waals surface area contributed by atoms with E-state index in [2.05, 4.69) is 0 Å². The van der Waals surface area contributed by atoms with E-state index >= 15 is 0 Å². The van der Waals surface area contributed by atoms with Gasteiger partial charge >= 0.3 is 0 Å². The summed E-state index contributed by atoms with van der Waals surface area (Å²) in [6.07, 6.45) is 0.672. The highest BCUT2D eigenvalue weighted by atomic mass is 16.6. The van der Waals surface area contributed by atoms with Gasteiger partial charge in [0.1, 0.15) is 12.4 Å². The van der Waals surface area contributed by atoms with Crippen LogP contribution in [-0.4, -0.2) is 49.5 Å². The Morgan fingerprint density at radius 1 is 1.00 bits per heavy atom. The lowest BCUT2D eigenvalue weighted by Crippen LogP contribution is -2.49. The number of ketones is 1. The van der Waals surface area contributed by atoms with E-state index in [9.17, 15) is 9.59 Å². The summed E-state index contributed by atoms with van der Waals surface area (Å²) in [5.41, 5.74) is 0.686. The fraction of sp³-hybridized carbons (Fsp3) is 0.364. The van der Waals surface area contributed by atoms with Crippen LogP contribution in [0.25, 0.3) is 0 Å². The molecule has 1 atom stereocenters. The molecule has 0 N–H and O–H groups in total. The molecule has 2 aromatic rings. The minimum absolute atomic E-state index is 0.0679. The number of likely N-dealkylation sites (tertiary alicyclic amines) is 1. The van der Waals surface area contributed by atoms with Gasteiger partial charge in [-0.15, -0.1) is 0 Å². The maximum atomic E-state index is 12.8. The van der Waals surface area contributed by atoms with Crippen LogP contribution in [-0.2, 0) is 4.79 Å². The number of rotatable bonds is 4. The van der Waals surface area contributed by atoms with Crippen molar-refractivity contribution in [2.75, 3.05) is 26.8 Å². The van der Waals surface area contributed by atoms with Crippen LogP contribution in [0.2, 0.25) is 0 Å². The van der Waals surface area contributed by atoms with Crippen LogP contribution in [0.1, 0.15) is 23.2 Å². The van der Waals surface area contributed by atoms with Crippen LogP contribution in [0.3, 0.4) is 0 Å². The van der Waals surface area contributed by atoms with E-state index in [4.69, 9.17) is 14.2 Å². The van der Waals surface area contributed by atoms with Crippen molar-refractivity contribution >= 4 is 11.7 Å². The monoisotopic (exact) mass is 381 g/mol. The van der Waals surface area contributed by atoms with E-state index in [1.54, 1.807) is 42.3 Å². The number of Topliss-reactive ketones (excluding diaryl/α,β-unsaturated/α-hetero) is 1. The summed E-state index contributed by atoms with van der Waals surface area (Å²) in [6, 6.07) is 14.5. The molecule has 1 fully saturated rings. The van der Waals surface area contributed by atoms with E-state index in [0.717, 1.165) is 5.75 Å². The van der Waals surface area contributed by atoms with Crippen molar-refractivity contribution in [3.05, 3.63) is 54.1 Å². The molecule has 4 rings (SSSR count). The Morgan fingerprint density at radius 2 is 1.68 bits per heavy atom. The summed E-state index contributed by atoms with van der Waals surface area (Å²) in [7, 11) is 1.60. The van der Waals surface area contributed by atoms with Crippen molar-refractivity contribution in [1.29, 1.82) is 0 Å². The molecule has 0 unspecified atom stereocenters. The molecule has 6 heteroatoms. The molecule has 2 aliphatic heterocycles. The Balaban J connectivity index is 1.33. The van der Waals surface area contributed by atoms with E-state index < -0.39 is 6.10 Å². The Kier molecular flexibility index (Phi) is 5.19. The first-order valence-electron chi connectivity index (χ1n) is 9.51. The summed E-state index contributed by atoms with van der Waals surface area (Å²) in [5.74, 6) is 1.97. The molecule has 6 nitrogen and oxygen atoms in total. The summed E-state index contributed by atoms with van der Waals surface area (Å²) >= 11 is 0.